The van der Waals surface area contributed by atoms with Crippen LogP contribution in [0.5, 0.6) is 5.88 Å². The number of hydrogen-bond acceptors (Lipinski definition) is 4. The fraction of sp³-hybridized carbons (Fsp3) is 0.500. The van der Waals surface area contributed by atoms with Crippen LogP contribution in [-0.4, -0.2) is 34.3 Å². The quantitative estimate of drug-likeness (QED) is 0.787. The fourth-order valence-electron chi connectivity index (χ4n) is 0.742. The number of aliphatic hydroxyl groups is 1. The summed E-state index contributed by atoms with van der Waals surface area (Å²) in [5.74, 6) is -4.53. The van der Waals surface area contributed by atoms with Crippen molar-refractivity contribution in [2.45, 2.75) is 19.0 Å². The van der Waals surface area contributed by atoms with Crippen LogP contribution in [0.3, 0.4) is 0 Å². The Bertz CT molecular complexity index is 331. The van der Waals surface area contributed by atoms with Crippen LogP contribution in [0.1, 0.15) is 5.69 Å². The molecule has 0 aliphatic heterocycles. The molecule has 0 spiro atoms. The molecule has 1 N–H and O–H groups in total. The second-order valence-corrected chi connectivity index (χ2v) is 2.87. The molecule has 0 radical (unpaired) electrons. The number of aromatic nitrogens is 2. The van der Waals surface area contributed by atoms with Crippen molar-refractivity contribution in [1.82, 2.24) is 10.2 Å². The topological polar surface area (TPSA) is 55.2 Å². The summed E-state index contributed by atoms with van der Waals surface area (Å²) in [6, 6.07) is 2.43. The summed E-state index contributed by atoms with van der Waals surface area (Å²) in [6.45, 7) is -1.84. The summed E-state index contributed by atoms with van der Waals surface area (Å²) < 4.78 is 52.6. The van der Waals surface area contributed by atoms with E-state index in [0.717, 1.165) is 6.07 Å². The van der Waals surface area contributed by atoms with Gasteiger partial charge in [-0.25, -0.2) is 8.78 Å². The highest BCUT2D eigenvalue weighted by Gasteiger charge is 2.41. The molecule has 0 amide bonds. The zero-order valence-corrected chi connectivity index (χ0v) is 7.91. The van der Waals surface area contributed by atoms with E-state index in [1.54, 1.807) is 0 Å². The molecular formula is C8H8F4N2O2. The molecule has 90 valence electrons. The van der Waals surface area contributed by atoms with Gasteiger partial charge in [-0.2, -0.15) is 8.78 Å². The number of halogens is 4. The molecule has 1 aromatic heterocycles. The third-order valence-corrected chi connectivity index (χ3v) is 1.59. The summed E-state index contributed by atoms with van der Waals surface area (Å²) in [4.78, 5) is 0. The second-order valence-electron chi connectivity index (χ2n) is 2.87. The standard InChI is InChI=1S/C8H8F4N2O2/c9-7(10)8(11,12)4-16-6-2-1-5(3-15)13-14-6/h1-2,7,15H,3-4H2. The van der Waals surface area contributed by atoms with E-state index in [1.807, 2.05) is 0 Å². The number of nitrogens with zero attached hydrogens (tertiary/aromatic N) is 2. The molecule has 0 aromatic carbocycles. The highest BCUT2D eigenvalue weighted by Crippen LogP contribution is 2.23. The van der Waals surface area contributed by atoms with Crippen molar-refractivity contribution in [3.05, 3.63) is 17.8 Å². The molecule has 1 rings (SSSR count). The molecule has 0 saturated carbocycles. The van der Waals surface area contributed by atoms with Gasteiger partial charge < -0.3 is 9.84 Å². The highest BCUT2D eigenvalue weighted by molar-refractivity contribution is 5.10. The number of alkyl halides is 4. The van der Waals surface area contributed by atoms with Crippen LogP contribution >= 0.6 is 0 Å². The maximum absolute atomic E-state index is 12.4. The molecule has 0 aliphatic carbocycles. The first kappa shape index (κ1) is 12.6. The number of hydrogen-bond donors (Lipinski definition) is 1. The van der Waals surface area contributed by atoms with E-state index < -0.39 is 19.0 Å². The second kappa shape index (κ2) is 5.06. The maximum Gasteiger partial charge on any atom is 0.340 e. The van der Waals surface area contributed by atoms with Gasteiger partial charge in [0.1, 0.15) is 0 Å². The van der Waals surface area contributed by atoms with Crippen LogP contribution in [0.2, 0.25) is 0 Å². The molecule has 16 heavy (non-hydrogen) atoms. The van der Waals surface area contributed by atoms with E-state index in [2.05, 4.69) is 14.9 Å². The van der Waals surface area contributed by atoms with Crippen molar-refractivity contribution in [1.29, 1.82) is 0 Å². The van der Waals surface area contributed by atoms with Gasteiger partial charge >= 0.3 is 12.3 Å². The third kappa shape index (κ3) is 3.30. The van der Waals surface area contributed by atoms with Crippen LogP contribution in [0.15, 0.2) is 12.1 Å². The zero-order valence-electron chi connectivity index (χ0n) is 7.91. The molecule has 1 aromatic rings. The Labute approximate surface area is 87.9 Å². The first-order valence-corrected chi connectivity index (χ1v) is 4.18. The van der Waals surface area contributed by atoms with Gasteiger partial charge in [-0.15, -0.1) is 10.2 Å². The summed E-state index contributed by atoms with van der Waals surface area (Å²) >= 11 is 0. The van der Waals surface area contributed by atoms with Crippen molar-refractivity contribution in [2.75, 3.05) is 6.61 Å². The zero-order chi connectivity index (χ0) is 12.2. The minimum Gasteiger partial charge on any atom is -0.470 e. The minimum absolute atomic E-state index is 0.216. The summed E-state index contributed by atoms with van der Waals surface area (Å²) in [5.41, 5.74) is 0.216. The van der Waals surface area contributed by atoms with E-state index in [4.69, 9.17) is 5.11 Å². The van der Waals surface area contributed by atoms with E-state index in [1.165, 1.54) is 6.07 Å². The van der Waals surface area contributed by atoms with Gasteiger partial charge in [-0.3, -0.25) is 0 Å². The van der Waals surface area contributed by atoms with Crippen LogP contribution in [0, 0.1) is 0 Å². The van der Waals surface area contributed by atoms with Crippen molar-refractivity contribution in [2.24, 2.45) is 0 Å². The summed E-state index contributed by atoms with van der Waals surface area (Å²) in [5, 5.41) is 15.3. The van der Waals surface area contributed by atoms with Gasteiger partial charge in [0.15, 0.2) is 6.61 Å². The van der Waals surface area contributed by atoms with Gasteiger partial charge in [-0.1, -0.05) is 0 Å². The first-order valence-electron chi connectivity index (χ1n) is 4.18. The van der Waals surface area contributed by atoms with E-state index >= 15 is 0 Å². The van der Waals surface area contributed by atoms with Gasteiger partial charge in [0, 0.05) is 6.07 Å². The van der Waals surface area contributed by atoms with Crippen molar-refractivity contribution in [3.63, 3.8) is 0 Å². The SMILES string of the molecule is OCc1ccc(OCC(F)(F)C(F)F)nn1. The average Bonchev–Trinajstić information content (AvgIpc) is 2.27. The van der Waals surface area contributed by atoms with Crippen LogP contribution < -0.4 is 4.74 Å². The van der Waals surface area contributed by atoms with E-state index in [9.17, 15) is 17.6 Å². The number of aliphatic hydroxyl groups excluding tert-OH is 1. The molecule has 0 saturated heterocycles. The number of ether oxygens (including phenoxy) is 1. The van der Waals surface area contributed by atoms with Crippen molar-refractivity contribution >= 4 is 0 Å². The maximum atomic E-state index is 12.4. The molecule has 0 aliphatic rings. The summed E-state index contributed by atoms with van der Waals surface area (Å²) in [6.07, 6.45) is -3.79. The van der Waals surface area contributed by atoms with Crippen LogP contribution in [-0.2, 0) is 6.61 Å². The Balaban J connectivity index is 2.54. The number of rotatable bonds is 5. The lowest BCUT2D eigenvalue weighted by molar-refractivity contribution is -0.148. The Hall–Kier alpha value is -1.44. The lowest BCUT2D eigenvalue weighted by Gasteiger charge is -2.14. The fourth-order valence-corrected chi connectivity index (χ4v) is 0.742. The predicted octanol–water partition coefficient (Wildman–Crippen LogP) is 1.25. The molecule has 1 heterocycles. The normalized spacial score (nSPS) is 11.9. The lowest BCUT2D eigenvalue weighted by Crippen LogP contribution is -2.33. The Morgan fingerprint density at radius 3 is 2.44 bits per heavy atom. The third-order valence-electron chi connectivity index (χ3n) is 1.59. The molecule has 0 unspecified atom stereocenters. The molecule has 4 nitrogen and oxygen atoms in total. The van der Waals surface area contributed by atoms with Crippen molar-refractivity contribution < 1.29 is 27.4 Å². The van der Waals surface area contributed by atoms with Gasteiger partial charge in [0.2, 0.25) is 5.88 Å². The lowest BCUT2D eigenvalue weighted by atomic mass is 10.4. The van der Waals surface area contributed by atoms with Gasteiger partial charge in [0.25, 0.3) is 0 Å². The Kier molecular flexibility index (Phi) is 3.99. The van der Waals surface area contributed by atoms with Crippen LogP contribution in [0.25, 0.3) is 0 Å². The molecular weight excluding hydrogens is 232 g/mol. The smallest absolute Gasteiger partial charge is 0.340 e. The van der Waals surface area contributed by atoms with Gasteiger partial charge in [0.05, 0.1) is 12.3 Å². The molecule has 0 bridgehead atoms. The Morgan fingerprint density at radius 2 is 2.00 bits per heavy atom. The minimum atomic E-state index is -4.22. The monoisotopic (exact) mass is 240 g/mol. The van der Waals surface area contributed by atoms with E-state index in [0.29, 0.717) is 0 Å². The highest BCUT2D eigenvalue weighted by atomic mass is 19.3. The largest absolute Gasteiger partial charge is 0.470 e. The van der Waals surface area contributed by atoms with Gasteiger partial charge in [-0.05, 0) is 6.07 Å². The first-order chi connectivity index (χ1) is 7.45. The van der Waals surface area contributed by atoms with E-state index in [-0.39, 0.29) is 18.2 Å². The van der Waals surface area contributed by atoms with Crippen molar-refractivity contribution in [3.8, 4) is 5.88 Å². The average molecular weight is 240 g/mol. The Morgan fingerprint density at radius 1 is 1.31 bits per heavy atom. The molecule has 8 heteroatoms. The summed E-state index contributed by atoms with van der Waals surface area (Å²) in [7, 11) is 0. The molecule has 0 fully saturated rings. The molecule has 0 atom stereocenters. The van der Waals surface area contributed by atoms with Crippen LogP contribution in [0.4, 0.5) is 17.6 Å². The predicted molar refractivity (Wildman–Crippen MR) is 44.4 cm³/mol.